The molecule has 1 N–H and O–H groups in total. The third-order valence-electron chi connectivity index (χ3n) is 3.26. The quantitative estimate of drug-likeness (QED) is 0.905. The van der Waals surface area contributed by atoms with E-state index in [0.29, 0.717) is 0 Å². The van der Waals surface area contributed by atoms with E-state index in [-0.39, 0.29) is 5.82 Å². The number of hydrogen-bond donors (Lipinski definition) is 1. The molecule has 0 radical (unpaired) electrons. The minimum absolute atomic E-state index is 0.232. The molecule has 2 aromatic rings. The highest BCUT2D eigenvalue weighted by molar-refractivity contribution is 5.60. The molecular formula is C16H20FN3. The Morgan fingerprint density at radius 1 is 1.25 bits per heavy atom. The van der Waals surface area contributed by atoms with Crippen LogP contribution in [-0.4, -0.2) is 18.6 Å². The smallest absolute Gasteiger partial charge is 0.133 e. The molecule has 0 aliphatic heterocycles. The van der Waals surface area contributed by atoms with Gasteiger partial charge in [-0.3, -0.25) is 0 Å². The van der Waals surface area contributed by atoms with Crippen molar-refractivity contribution in [2.24, 2.45) is 0 Å². The summed E-state index contributed by atoms with van der Waals surface area (Å²) in [6.07, 6.45) is 0. The van der Waals surface area contributed by atoms with Gasteiger partial charge in [0.25, 0.3) is 0 Å². The van der Waals surface area contributed by atoms with Gasteiger partial charge in [0.15, 0.2) is 0 Å². The maximum atomic E-state index is 13.4. The molecule has 106 valence electrons. The summed E-state index contributed by atoms with van der Waals surface area (Å²) in [5.41, 5.74) is 2.99. The first-order valence-corrected chi connectivity index (χ1v) is 6.80. The molecule has 4 heteroatoms. The molecule has 3 nitrogen and oxygen atoms in total. The second kappa shape index (κ2) is 6.48. The fraction of sp³-hybridized carbons (Fsp3) is 0.312. The molecule has 0 amide bonds. The zero-order valence-corrected chi connectivity index (χ0v) is 12.2. The van der Waals surface area contributed by atoms with E-state index in [1.807, 2.05) is 37.9 Å². The standard InChI is InChI=1S/C16H20FN3/c1-4-20(15-7-5-6-14(17)10-15)16-9-8-13(11-18-3)12(2)19-16/h5-10,18H,4,11H2,1-3H3. The van der Waals surface area contributed by atoms with Crippen molar-refractivity contribution in [3.05, 3.63) is 53.5 Å². The molecule has 0 atom stereocenters. The van der Waals surface area contributed by atoms with Gasteiger partial charge in [-0.1, -0.05) is 12.1 Å². The van der Waals surface area contributed by atoms with Crippen LogP contribution in [0.1, 0.15) is 18.2 Å². The second-order valence-corrected chi connectivity index (χ2v) is 4.67. The van der Waals surface area contributed by atoms with Crippen molar-refractivity contribution in [1.82, 2.24) is 10.3 Å². The maximum Gasteiger partial charge on any atom is 0.133 e. The lowest BCUT2D eigenvalue weighted by molar-refractivity contribution is 0.627. The highest BCUT2D eigenvalue weighted by Crippen LogP contribution is 2.24. The summed E-state index contributed by atoms with van der Waals surface area (Å²) < 4.78 is 13.4. The first-order valence-electron chi connectivity index (χ1n) is 6.80. The van der Waals surface area contributed by atoms with Crippen LogP contribution in [0, 0.1) is 12.7 Å². The van der Waals surface area contributed by atoms with Crippen molar-refractivity contribution in [3.63, 3.8) is 0 Å². The molecule has 2 rings (SSSR count). The number of aryl methyl sites for hydroxylation is 1. The lowest BCUT2D eigenvalue weighted by Crippen LogP contribution is -2.18. The molecule has 0 unspecified atom stereocenters. The van der Waals surface area contributed by atoms with E-state index in [0.717, 1.165) is 30.3 Å². The van der Waals surface area contributed by atoms with Crippen molar-refractivity contribution < 1.29 is 4.39 Å². The van der Waals surface area contributed by atoms with Gasteiger partial charge in [-0.05, 0) is 50.7 Å². The van der Waals surface area contributed by atoms with Gasteiger partial charge in [0, 0.05) is 24.5 Å². The number of hydrogen-bond acceptors (Lipinski definition) is 3. The van der Waals surface area contributed by atoms with Gasteiger partial charge in [-0.2, -0.15) is 0 Å². The lowest BCUT2D eigenvalue weighted by Gasteiger charge is -2.23. The van der Waals surface area contributed by atoms with Gasteiger partial charge in [0.1, 0.15) is 11.6 Å². The third-order valence-corrected chi connectivity index (χ3v) is 3.26. The van der Waals surface area contributed by atoms with Gasteiger partial charge in [0.2, 0.25) is 0 Å². The number of nitrogens with one attached hydrogen (secondary N) is 1. The molecule has 0 bridgehead atoms. The topological polar surface area (TPSA) is 28.2 Å². The Bertz CT molecular complexity index is 584. The summed E-state index contributed by atoms with van der Waals surface area (Å²) in [5, 5.41) is 3.12. The van der Waals surface area contributed by atoms with Gasteiger partial charge < -0.3 is 10.2 Å². The summed E-state index contributed by atoms with van der Waals surface area (Å²) in [6, 6.07) is 10.6. The van der Waals surface area contributed by atoms with Crippen LogP contribution in [0.4, 0.5) is 15.9 Å². The number of nitrogens with zero attached hydrogens (tertiary/aromatic N) is 2. The lowest BCUT2D eigenvalue weighted by atomic mass is 10.2. The number of rotatable bonds is 5. The van der Waals surface area contributed by atoms with Gasteiger partial charge >= 0.3 is 0 Å². The number of halogens is 1. The van der Waals surface area contributed by atoms with Crippen molar-refractivity contribution in [2.45, 2.75) is 20.4 Å². The monoisotopic (exact) mass is 273 g/mol. The Hall–Kier alpha value is -1.94. The molecule has 1 aromatic carbocycles. The molecule has 1 heterocycles. The fourth-order valence-electron chi connectivity index (χ4n) is 2.23. The van der Waals surface area contributed by atoms with E-state index in [4.69, 9.17) is 0 Å². The first-order chi connectivity index (χ1) is 9.65. The number of benzene rings is 1. The summed E-state index contributed by atoms with van der Waals surface area (Å²) in [7, 11) is 1.92. The molecule has 0 fully saturated rings. The van der Waals surface area contributed by atoms with Crippen LogP contribution in [0.2, 0.25) is 0 Å². The Morgan fingerprint density at radius 3 is 2.65 bits per heavy atom. The highest BCUT2D eigenvalue weighted by atomic mass is 19.1. The normalized spacial score (nSPS) is 10.6. The van der Waals surface area contributed by atoms with E-state index >= 15 is 0 Å². The zero-order valence-electron chi connectivity index (χ0n) is 12.2. The molecule has 1 aromatic heterocycles. The van der Waals surface area contributed by atoms with Gasteiger partial charge in [-0.25, -0.2) is 9.37 Å². The minimum Gasteiger partial charge on any atom is -0.327 e. The predicted molar refractivity (Wildman–Crippen MR) is 80.8 cm³/mol. The Morgan fingerprint density at radius 2 is 2.05 bits per heavy atom. The Balaban J connectivity index is 2.35. The highest BCUT2D eigenvalue weighted by Gasteiger charge is 2.10. The summed E-state index contributed by atoms with van der Waals surface area (Å²) >= 11 is 0. The van der Waals surface area contributed by atoms with Crippen LogP contribution in [0.3, 0.4) is 0 Å². The predicted octanol–water partition coefficient (Wildman–Crippen LogP) is 3.41. The third kappa shape index (κ3) is 3.14. The largest absolute Gasteiger partial charge is 0.327 e. The van der Waals surface area contributed by atoms with Crippen LogP contribution in [0.5, 0.6) is 0 Å². The van der Waals surface area contributed by atoms with Gasteiger partial charge in [-0.15, -0.1) is 0 Å². The summed E-state index contributed by atoms with van der Waals surface area (Å²) in [6.45, 7) is 5.56. The van der Waals surface area contributed by atoms with Crippen LogP contribution in [0.25, 0.3) is 0 Å². The van der Waals surface area contributed by atoms with Crippen molar-refractivity contribution in [2.75, 3.05) is 18.5 Å². The maximum absolute atomic E-state index is 13.4. The van der Waals surface area contributed by atoms with Crippen molar-refractivity contribution in [3.8, 4) is 0 Å². The zero-order chi connectivity index (χ0) is 14.5. The molecule has 0 aliphatic carbocycles. The molecular weight excluding hydrogens is 253 g/mol. The van der Waals surface area contributed by atoms with Crippen LogP contribution in [0.15, 0.2) is 36.4 Å². The number of aromatic nitrogens is 1. The number of anilines is 2. The Labute approximate surface area is 119 Å². The van der Waals surface area contributed by atoms with E-state index in [1.54, 1.807) is 6.07 Å². The molecule has 0 saturated carbocycles. The second-order valence-electron chi connectivity index (χ2n) is 4.67. The molecule has 0 saturated heterocycles. The van der Waals surface area contributed by atoms with Crippen LogP contribution >= 0.6 is 0 Å². The van der Waals surface area contributed by atoms with Gasteiger partial charge in [0.05, 0.1) is 0 Å². The Kier molecular flexibility index (Phi) is 4.69. The molecule has 0 spiro atoms. The fourth-order valence-corrected chi connectivity index (χ4v) is 2.23. The molecule has 20 heavy (non-hydrogen) atoms. The van der Waals surface area contributed by atoms with E-state index < -0.39 is 0 Å². The average molecular weight is 273 g/mol. The van der Waals surface area contributed by atoms with Crippen molar-refractivity contribution >= 4 is 11.5 Å². The van der Waals surface area contributed by atoms with E-state index in [2.05, 4.69) is 16.4 Å². The van der Waals surface area contributed by atoms with Crippen LogP contribution < -0.4 is 10.2 Å². The first kappa shape index (κ1) is 14.5. The summed E-state index contributed by atoms with van der Waals surface area (Å²) in [4.78, 5) is 6.63. The SMILES string of the molecule is CCN(c1cccc(F)c1)c1ccc(CNC)c(C)n1. The number of pyridine rings is 1. The van der Waals surface area contributed by atoms with E-state index in [9.17, 15) is 4.39 Å². The molecule has 0 aliphatic rings. The minimum atomic E-state index is -0.232. The van der Waals surface area contributed by atoms with E-state index in [1.165, 1.54) is 17.7 Å². The van der Waals surface area contributed by atoms with Crippen LogP contribution in [-0.2, 0) is 6.54 Å². The summed E-state index contributed by atoms with van der Waals surface area (Å²) in [5.74, 6) is 0.611. The average Bonchev–Trinajstić information content (AvgIpc) is 2.43. The van der Waals surface area contributed by atoms with Crippen molar-refractivity contribution in [1.29, 1.82) is 0 Å².